The fraction of sp³-hybridized carbons (Fsp3) is 0.400. The topological polar surface area (TPSA) is 84.7 Å². The van der Waals surface area contributed by atoms with E-state index in [0.717, 1.165) is 30.2 Å². The number of hydrogen-bond donors (Lipinski definition) is 1. The molecule has 8 heteroatoms. The summed E-state index contributed by atoms with van der Waals surface area (Å²) >= 11 is 0. The Morgan fingerprint density at radius 3 is 2.54 bits per heavy atom. The first-order valence-electron chi connectivity index (χ1n) is 9.50. The average molecular weight is 382 g/mol. The van der Waals surface area contributed by atoms with Gasteiger partial charge in [0.15, 0.2) is 11.5 Å². The Hall–Kier alpha value is -3.16. The van der Waals surface area contributed by atoms with Gasteiger partial charge in [-0.25, -0.2) is 0 Å². The number of fused-ring (bicyclic) bond motifs is 1. The van der Waals surface area contributed by atoms with Gasteiger partial charge in [-0.05, 0) is 43.7 Å². The summed E-state index contributed by atoms with van der Waals surface area (Å²) in [5.41, 5.74) is 1.71. The van der Waals surface area contributed by atoms with Crippen LogP contribution in [0.2, 0.25) is 0 Å². The first-order valence-corrected chi connectivity index (χ1v) is 9.50. The number of anilines is 1. The number of methoxy groups -OCH3 is 1. The van der Waals surface area contributed by atoms with E-state index in [9.17, 15) is 4.79 Å². The van der Waals surface area contributed by atoms with Gasteiger partial charge >= 0.3 is 0 Å². The monoisotopic (exact) mass is 382 g/mol. The normalized spacial score (nSPS) is 10.8. The summed E-state index contributed by atoms with van der Waals surface area (Å²) < 4.78 is 6.86. The van der Waals surface area contributed by atoms with E-state index in [0.29, 0.717) is 30.9 Å². The van der Waals surface area contributed by atoms with E-state index in [4.69, 9.17) is 4.74 Å². The van der Waals surface area contributed by atoms with Crippen molar-refractivity contribution in [2.24, 2.45) is 0 Å². The van der Waals surface area contributed by atoms with E-state index in [1.54, 1.807) is 11.6 Å². The first-order chi connectivity index (χ1) is 13.6. The lowest BCUT2D eigenvalue weighted by atomic mass is 10.2. The van der Waals surface area contributed by atoms with Gasteiger partial charge in [0.25, 0.3) is 0 Å². The maximum absolute atomic E-state index is 12.2. The van der Waals surface area contributed by atoms with Crippen molar-refractivity contribution in [3.63, 3.8) is 0 Å². The molecule has 3 rings (SSSR count). The maximum atomic E-state index is 12.2. The molecule has 0 aliphatic carbocycles. The summed E-state index contributed by atoms with van der Waals surface area (Å²) in [6.07, 6.45) is 0.804. The number of amides is 1. The molecule has 0 atom stereocenters. The molecule has 3 aromatic rings. The SMILES string of the molecule is CCN(CC)c1ccc2nnc(CCC(=O)NCc3ccc(OC)cc3)n2n1. The molecule has 0 fully saturated rings. The van der Waals surface area contributed by atoms with Gasteiger partial charge in [-0.1, -0.05) is 12.1 Å². The number of rotatable bonds is 9. The Kier molecular flexibility index (Phi) is 6.41. The van der Waals surface area contributed by atoms with Gasteiger partial charge in [-0.2, -0.15) is 4.52 Å². The lowest BCUT2D eigenvalue weighted by molar-refractivity contribution is -0.121. The highest BCUT2D eigenvalue weighted by Crippen LogP contribution is 2.13. The molecule has 1 amide bonds. The van der Waals surface area contributed by atoms with Gasteiger partial charge in [0.05, 0.1) is 7.11 Å². The number of aromatic nitrogens is 4. The van der Waals surface area contributed by atoms with Crippen LogP contribution in [0.3, 0.4) is 0 Å². The Morgan fingerprint density at radius 1 is 1.11 bits per heavy atom. The van der Waals surface area contributed by atoms with Crippen LogP contribution in [0, 0.1) is 0 Å². The average Bonchev–Trinajstić information content (AvgIpc) is 3.14. The second-order valence-corrected chi connectivity index (χ2v) is 6.37. The minimum Gasteiger partial charge on any atom is -0.497 e. The van der Waals surface area contributed by atoms with Crippen molar-refractivity contribution in [2.45, 2.75) is 33.2 Å². The number of carbonyl (C=O) groups excluding carboxylic acids is 1. The van der Waals surface area contributed by atoms with E-state index < -0.39 is 0 Å². The van der Waals surface area contributed by atoms with Crippen molar-refractivity contribution in [1.82, 2.24) is 25.1 Å². The third-order valence-corrected chi connectivity index (χ3v) is 4.63. The molecular weight excluding hydrogens is 356 g/mol. The molecular formula is C20H26N6O2. The fourth-order valence-electron chi connectivity index (χ4n) is 2.95. The molecule has 0 spiro atoms. The Morgan fingerprint density at radius 2 is 1.86 bits per heavy atom. The summed E-state index contributed by atoms with van der Waals surface area (Å²) in [5.74, 6) is 2.32. The van der Waals surface area contributed by atoms with Crippen LogP contribution in [-0.2, 0) is 17.8 Å². The quantitative estimate of drug-likeness (QED) is 0.611. The molecule has 0 radical (unpaired) electrons. The highest BCUT2D eigenvalue weighted by molar-refractivity contribution is 5.76. The molecule has 8 nitrogen and oxygen atoms in total. The summed E-state index contributed by atoms with van der Waals surface area (Å²) in [4.78, 5) is 14.4. The van der Waals surface area contributed by atoms with Crippen molar-refractivity contribution in [3.8, 4) is 5.75 Å². The van der Waals surface area contributed by atoms with Gasteiger partial charge < -0.3 is 15.0 Å². The number of benzene rings is 1. The molecule has 0 aliphatic heterocycles. The molecule has 28 heavy (non-hydrogen) atoms. The van der Waals surface area contributed by atoms with Crippen LogP contribution in [0.25, 0.3) is 5.65 Å². The van der Waals surface area contributed by atoms with Crippen LogP contribution < -0.4 is 15.0 Å². The molecule has 1 N–H and O–H groups in total. The van der Waals surface area contributed by atoms with Crippen molar-refractivity contribution in [2.75, 3.05) is 25.1 Å². The van der Waals surface area contributed by atoms with Crippen molar-refractivity contribution in [1.29, 1.82) is 0 Å². The van der Waals surface area contributed by atoms with Crippen molar-refractivity contribution < 1.29 is 9.53 Å². The standard InChI is InChI=1S/C20H26N6O2/c1-4-25(5-2)19-11-10-17-22-23-18(26(17)24-19)12-13-20(27)21-14-15-6-8-16(28-3)9-7-15/h6-11H,4-5,12-14H2,1-3H3,(H,21,27). The lowest BCUT2D eigenvalue weighted by Crippen LogP contribution is -2.24. The zero-order valence-electron chi connectivity index (χ0n) is 16.6. The molecule has 0 aliphatic rings. The van der Waals surface area contributed by atoms with Crippen molar-refractivity contribution >= 4 is 17.4 Å². The van der Waals surface area contributed by atoms with E-state index >= 15 is 0 Å². The first kappa shape index (κ1) is 19.6. The smallest absolute Gasteiger partial charge is 0.220 e. The van der Waals surface area contributed by atoms with Crippen LogP contribution in [-0.4, -0.2) is 45.9 Å². The third kappa shape index (κ3) is 4.57. The largest absolute Gasteiger partial charge is 0.497 e. The van der Waals surface area contributed by atoms with E-state index in [2.05, 4.69) is 39.4 Å². The van der Waals surface area contributed by atoms with Crippen LogP contribution in [0.4, 0.5) is 5.82 Å². The molecule has 1 aromatic carbocycles. The Bertz CT molecular complexity index is 918. The molecule has 0 saturated heterocycles. The molecule has 0 bridgehead atoms. The van der Waals surface area contributed by atoms with Gasteiger partial charge in [0.2, 0.25) is 5.91 Å². The van der Waals surface area contributed by atoms with Gasteiger partial charge in [-0.3, -0.25) is 4.79 Å². The van der Waals surface area contributed by atoms with Gasteiger partial charge in [0.1, 0.15) is 11.6 Å². The van der Waals surface area contributed by atoms with Crippen LogP contribution in [0.5, 0.6) is 5.75 Å². The third-order valence-electron chi connectivity index (χ3n) is 4.63. The summed E-state index contributed by atoms with van der Waals surface area (Å²) in [7, 11) is 1.63. The fourth-order valence-corrected chi connectivity index (χ4v) is 2.95. The van der Waals surface area contributed by atoms with E-state index in [1.807, 2.05) is 36.4 Å². The Labute approximate surface area is 164 Å². The molecule has 2 aromatic heterocycles. The van der Waals surface area contributed by atoms with E-state index in [-0.39, 0.29) is 5.91 Å². The minimum absolute atomic E-state index is 0.0348. The highest BCUT2D eigenvalue weighted by atomic mass is 16.5. The number of nitrogens with zero attached hydrogens (tertiary/aromatic N) is 5. The molecule has 0 saturated carbocycles. The summed E-state index contributed by atoms with van der Waals surface area (Å²) in [5, 5.41) is 15.9. The number of aryl methyl sites for hydroxylation is 1. The molecule has 2 heterocycles. The van der Waals surface area contributed by atoms with Crippen LogP contribution in [0.1, 0.15) is 31.7 Å². The van der Waals surface area contributed by atoms with Crippen LogP contribution >= 0.6 is 0 Å². The molecule has 0 unspecified atom stereocenters. The maximum Gasteiger partial charge on any atom is 0.220 e. The number of hydrogen-bond acceptors (Lipinski definition) is 6. The predicted molar refractivity (Wildman–Crippen MR) is 108 cm³/mol. The number of carbonyl (C=O) groups is 1. The highest BCUT2D eigenvalue weighted by Gasteiger charge is 2.12. The number of ether oxygens (including phenoxy) is 1. The molecule has 148 valence electrons. The Balaban J connectivity index is 1.59. The predicted octanol–water partition coefficient (Wildman–Crippen LogP) is 2.23. The zero-order valence-corrected chi connectivity index (χ0v) is 16.6. The summed E-state index contributed by atoms with van der Waals surface area (Å²) in [6.45, 7) is 6.42. The van der Waals surface area contributed by atoms with Crippen molar-refractivity contribution in [3.05, 3.63) is 47.8 Å². The lowest BCUT2D eigenvalue weighted by Gasteiger charge is -2.19. The van der Waals surface area contributed by atoms with E-state index in [1.165, 1.54) is 0 Å². The van der Waals surface area contributed by atoms with Crippen LogP contribution in [0.15, 0.2) is 36.4 Å². The second-order valence-electron chi connectivity index (χ2n) is 6.37. The second kappa shape index (κ2) is 9.16. The minimum atomic E-state index is -0.0348. The summed E-state index contributed by atoms with van der Waals surface area (Å²) in [6, 6.07) is 11.5. The zero-order chi connectivity index (χ0) is 19.9. The van der Waals surface area contributed by atoms with Gasteiger partial charge in [0, 0.05) is 32.5 Å². The number of nitrogens with one attached hydrogen (secondary N) is 1. The van der Waals surface area contributed by atoms with Gasteiger partial charge in [-0.15, -0.1) is 15.3 Å².